The molecule has 0 saturated heterocycles. The molecule has 1 amide bonds. The number of nitrogens with zero attached hydrogens (tertiary/aromatic N) is 3. The molecule has 0 N–H and O–H groups in total. The fourth-order valence-electron chi connectivity index (χ4n) is 2.47. The van der Waals surface area contributed by atoms with Crippen LogP contribution in [0.15, 0.2) is 41.4 Å². The average Bonchev–Trinajstić information content (AvgIpc) is 2.95. The molecule has 0 bridgehead atoms. The van der Waals surface area contributed by atoms with Crippen molar-refractivity contribution in [2.24, 2.45) is 4.99 Å². The Hall–Kier alpha value is -2.26. The summed E-state index contributed by atoms with van der Waals surface area (Å²) in [5.74, 6) is -0.524. The summed E-state index contributed by atoms with van der Waals surface area (Å²) in [5, 5.41) is 11.6. The number of rotatable bonds is 5. The number of hydrogen-bond donors (Lipinski definition) is 0. The summed E-state index contributed by atoms with van der Waals surface area (Å²) >= 11 is 13.1. The number of nitro groups is 1. The molecule has 0 fully saturated rings. The van der Waals surface area contributed by atoms with Crippen molar-refractivity contribution in [3.8, 4) is 0 Å². The van der Waals surface area contributed by atoms with Crippen LogP contribution in [0.4, 0.5) is 5.69 Å². The number of carbonyl (C=O) groups excluding carboxylic acids is 1. The second kappa shape index (κ2) is 8.18. The Morgan fingerprint density at radius 1 is 1.30 bits per heavy atom. The highest BCUT2D eigenvalue weighted by Gasteiger charge is 2.14. The number of methoxy groups -OCH3 is 1. The molecule has 140 valence electrons. The monoisotopic (exact) mass is 425 g/mol. The van der Waals surface area contributed by atoms with Gasteiger partial charge in [0.05, 0.1) is 32.3 Å². The molecule has 0 aliphatic heterocycles. The zero-order chi connectivity index (χ0) is 19.6. The maximum Gasteiger partial charge on any atom is 0.281 e. The number of amides is 1. The number of halogens is 2. The number of nitro benzene ring substituents is 1. The lowest BCUT2D eigenvalue weighted by Crippen LogP contribution is -2.19. The van der Waals surface area contributed by atoms with Crippen molar-refractivity contribution in [1.82, 2.24) is 4.57 Å². The second-order valence-corrected chi connectivity index (χ2v) is 7.33. The molecule has 2 aromatic carbocycles. The predicted molar refractivity (Wildman–Crippen MR) is 105 cm³/mol. The zero-order valence-electron chi connectivity index (χ0n) is 14.0. The smallest absolute Gasteiger partial charge is 0.281 e. The fourth-order valence-corrected chi connectivity index (χ4v) is 4.05. The van der Waals surface area contributed by atoms with Gasteiger partial charge in [0.25, 0.3) is 11.6 Å². The van der Waals surface area contributed by atoms with Crippen LogP contribution in [-0.4, -0.2) is 29.1 Å². The molecule has 0 aliphatic carbocycles. The van der Waals surface area contributed by atoms with E-state index < -0.39 is 10.8 Å². The molecule has 0 radical (unpaired) electrons. The molecule has 1 aromatic heterocycles. The lowest BCUT2D eigenvalue weighted by atomic mass is 10.2. The molecule has 3 aromatic rings. The third kappa shape index (κ3) is 4.19. The highest BCUT2D eigenvalue weighted by Crippen LogP contribution is 2.24. The van der Waals surface area contributed by atoms with E-state index >= 15 is 0 Å². The predicted octanol–water partition coefficient (Wildman–Crippen LogP) is 4.31. The van der Waals surface area contributed by atoms with E-state index in [0.29, 0.717) is 27.7 Å². The summed E-state index contributed by atoms with van der Waals surface area (Å²) in [5.41, 5.74) is 0.931. The maximum atomic E-state index is 12.6. The zero-order valence-corrected chi connectivity index (χ0v) is 16.3. The quantitative estimate of drug-likeness (QED) is 0.450. The molecular weight excluding hydrogens is 413 g/mol. The first-order valence-corrected chi connectivity index (χ1v) is 9.29. The van der Waals surface area contributed by atoms with Crippen LogP contribution in [0.1, 0.15) is 10.4 Å². The van der Waals surface area contributed by atoms with E-state index in [-0.39, 0.29) is 16.3 Å². The Morgan fingerprint density at radius 3 is 2.74 bits per heavy atom. The van der Waals surface area contributed by atoms with Crippen molar-refractivity contribution in [3.05, 3.63) is 66.9 Å². The molecule has 0 saturated carbocycles. The maximum absolute atomic E-state index is 12.6. The first-order valence-electron chi connectivity index (χ1n) is 7.71. The Bertz CT molecular complexity index is 1110. The van der Waals surface area contributed by atoms with Crippen LogP contribution in [-0.2, 0) is 11.3 Å². The topological polar surface area (TPSA) is 86.7 Å². The molecule has 0 unspecified atom stereocenters. The SMILES string of the molecule is COCCn1c(=NC(=O)c2ccc(Cl)cc2Cl)sc2cc([N+](=O)[O-])ccc21. The van der Waals surface area contributed by atoms with Crippen LogP contribution in [0.3, 0.4) is 0 Å². The van der Waals surface area contributed by atoms with Gasteiger partial charge in [0, 0.05) is 30.8 Å². The lowest BCUT2D eigenvalue weighted by molar-refractivity contribution is -0.384. The number of aromatic nitrogens is 1. The van der Waals surface area contributed by atoms with Crippen LogP contribution in [0.2, 0.25) is 10.0 Å². The minimum absolute atomic E-state index is 0.0266. The number of thiazole rings is 1. The summed E-state index contributed by atoms with van der Waals surface area (Å²) in [6, 6.07) is 9.05. The fraction of sp³-hybridized carbons (Fsp3) is 0.176. The van der Waals surface area contributed by atoms with Gasteiger partial charge >= 0.3 is 0 Å². The first kappa shape index (κ1) is 19.5. The van der Waals surface area contributed by atoms with Crippen molar-refractivity contribution in [1.29, 1.82) is 0 Å². The number of benzene rings is 2. The van der Waals surface area contributed by atoms with Crippen LogP contribution < -0.4 is 4.80 Å². The molecule has 7 nitrogen and oxygen atoms in total. The molecular formula is C17H13Cl2N3O4S. The van der Waals surface area contributed by atoms with Gasteiger partial charge in [0.15, 0.2) is 4.80 Å². The van der Waals surface area contributed by atoms with Crippen molar-refractivity contribution in [2.75, 3.05) is 13.7 Å². The average molecular weight is 426 g/mol. The molecule has 27 heavy (non-hydrogen) atoms. The Labute approximate surface area is 167 Å². The van der Waals surface area contributed by atoms with E-state index in [1.165, 1.54) is 35.6 Å². The van der Waals surface area contributed by atoms with Crippen LogP contribution in [0.5, 0.6) is 0 Å². The molecule has 0 aliphatic rings. The third-order valence-corrected chi connectivity index (χ3v) is 5.34. The number of carbonyl (C=O) groups is 1. The summed E-state index contributed by atoms with van der Waals surface area (Å²) in [4.78, 5) is 27.7. The van der Waals surface area contributed by atoms with E-state index in [2.05, 4.69) is 4.99 Å². The number of fused-ring (bicyclic) bond motifs is 1. The van der Waals surface area contributed by atoms with Gasteiger partial charge in [-0.05, 0) is 24.3 Å². The summed E-state index contributed by atoms with van der Waals surface area (Å²) in [6.07, 6.45) is 0. The molecule has 0 atom stereocenters. The molecule has 10 heteroatoms. The standard InChI is InChI=1S/C17H13Cl2N3O4S/c1-26-7-6-21-14-5-3-11(22(24)25)9-15(14)27-17(21)20-16(23)12-4-2-10(18)8-13(12)19/h2-5,8-9H,6-7H2,1H3. The van der Waals surface area contributed by atoms with Gasteiger partial charge in [-0.25, -0.2) is 0 Å². The van der Waals surface area contributed by atoms with Crippen molar-refractivity contribution >= 4 is 56.3 Å². The highest BCUT2D eigenvalue weighted by atomic mass is 35.5. The largest absolute Gasteiger partial charge is 0.383 e. The summed E-state index contributed by atoms with van der Waals surface area (Å²) in [6.45, 7) is 0.834. The van der Waals surface area contributed by atoms with E-state index in [1.807, 2.05) is 0 Å². The van der Waals surface area contributed by atoms with Crippen molar-refractivity contribution in [2.45, 2.75) is 6.54 Å². The van der Waals surface area contributed by atoms with Crippen LogP contribution in [0, 0.1) is 10.1 Å². The Balaban J connectivity index is 2.14. The van der Waals surface area contributed by atoms with Gasteiger partial charge < -0.3 is 9.30 Å². The minimum Gasteiger partial charge on any atom is -0.383 e. The van der Waals surface area contributed by atoms with Gasteiger partial charge in [-0.15, -0.1) is 0 Å². The van der Waals surface area contributed by atoms with Gasteiger partial charge in [0.2, 0.25) is 0 Å². The lowest BCUT2D eigenvalue weighted by Gasteiger charge is -2.04. The minimum atomic E-state index is -0.524. The molecule has 0 spiro atoms. The Kier molecular flexibility index (Phi) is 5.91. The van der Waals surface area contributed by atoms with Crippen LogP contribution in [0.25, 0.3) is 10.2 Å². The first-order chi connectivity index (χ1) is 12.9. The van der Waals surface area contributed by atoms with E-state index in [0.717, 1.165) is 5.52 Å². The van der Waals surface area contributed by atoms with E-state index in [1.54, 1.807) is 23.8 Å². The molecule has 3 rings (SSSR count). The van der Waals surface area contributed by atoms with Gasteiger partial charge in [-0.1, -0.05) is 34.5 Å². The number of hydrogen-bond acceptors (Lipinski definition) is 5. The summed E-state index contributed by atoms with van der Waals surface area (Å²) in [7, 11) is 1.56. The van der Waals surface area contributed by atoms with E-state index in [9.17, 15) is 14.9 Å². The molecule has 1 heterocycles. The van der Waals surface area contributed by atoms with Crippen molar-refractivity contribution in [3.63, 3.8) is 0 Å². The Morgan fingerprint density at radius 2 is 2.07 bits per heavy atom. The van der Waals surface area contributed by atoms with Gasteiger partial charge in [-0.2, -0.15) is 4.99 Å². The van der Waals surface area contributed by atoms with Gasteiger partial charge in [0.1, 0.15) is 0 Å². The van der Waals surface area contributed by atoms with E-state index in [4.69, 9.17) is 27.9 Å². The highest BCUT2D eigenvalue weighted by molar-refractivity contribution is 7.16. The third-order valence-electron chi connectivity index (χ3n) is 3.75. The van der Waals surface area contributed by atoms with Gasteiger partial charge in [-0.3, -0.25) is 14.9 Å². The number of non-ortho nitro benzene ring substituents is 1. The van der Waals surface area contributed by atoms with Crippen LogP contribution >= 0.6 is 34.5 Å². The second-order valence-electron chi connectivity index (χ2n) is 5.48. The van der Waals surface area contributed by atoms with Crippen molar-refractivity contribution < 1.29 is 14.5 Å². The summed E-state index contributed by atoms with van der Waals surface area (Å²) < 4.78 is 7.55. The number of ether oxygens (including phenoxy) is 1. The normalized spacial score (nSPS) is 11.9.